The highest BCUT2D eigenvalue weighted by Crippen LogP contribution is 2.41. The number of halogens is 2. The summed E-state index contributed by atoms with van der Waals surface area (Å²) in [6.07, 6.45) is 9.36. The smallest absolute Gasteiger partial charge is 0.337 e. The van der Waals surface area contributed by atoms with Gasteiger partial charge in [-0.25, -0.2) is 18.6 Å². The van der Waals surface area contributed by atoms with Crippen LogP contribution in [0.1, 0.15) is 48.2 Å². The van der Waals surface area contributed by atoms with Crippen molar-refractivity contribution in [2.75, 3.05) is 44.8 Å². The summed E-state index contributed by atoms with van der Waals surface area (Å²) in [6.45, 7) is 2.80. The summed E-state index contributed by atoms with van der Waals surface area (Å²) in [5.41, 5.74) is 0.370. The van der Waals surface area contributed by atoms with E-state index in [0.717, 1.165) is 32.2 Å². The van der Waals surface area contributed by atoms with Crippen LogP contribution in [0.25, 0.3) is 22.2 Å². The third-order valence-corrected chi connectivity index (χ3v) is 9.19. The SMILES string of the molecule is C#Cc1nc(-c2cccc(C(=O)OC)c2)c(F)c2nc(OC[C@@]34CCCN3C[C@H](F)C4)nc(N3CC4CCC(C3)N4)c12. The number of nitrogens with zero attached hydrogens (tertiary/aromatic N) is 5. The highest BCUT2D eigenvalue weighted by Gasteiger charge is 2.49. The Bertz CT molecular complexity index is 1600. The number of benzene rings is 1. The van der Waals surface area contributed by atoms with Gasteiger partial charge in [0.2, 0.25) is 0 Å². The molecule has 4 fully saturated rings. The van der Waals surface area contributed by atoms with Crippen molar-refractivity contribution >= 4 is 22.7 Å². The highest BCUT2D eigenvalue weighted by atomic mass is 19.1. The molecule has 0 radical (unpaired) electrons. The summed E-state index contributed by atoms with van der Waals surface area (Å²) >= 11 is 0. The molecule has 4 saturated heterocycles. The average molecular weight is 575 g/mol. The minimum Gasteiger partial charge on any atom is -0.465 e. The number of hydrogen-bond acceptors (Lipinski definition) is 9. The van der Waals surface area contributed by atoms with Crippen molar-refractivity contribution in [2.45, 2.75) is 55.9 Å². The minimum atomic E-state index is -0.900. The topological polar surface area (TPSA) is 92.7 Å². The van der Waals surface area contributed by atoms with E-state index in [1.807, 2.05) is 0 Å². The molecule has 0 amide bonds. The van der Waals surface area contributed by atoms with Crippen molar-refractivity contribution in [2.24, 2.45) is 0 Å². The van der Waals surface area contributed by atoms with Gasteiger partial charge >= 0.3 is 12.0 Å². The van der Waals surface area contributed by atoms with Crippen LogP contribution in [0.3, 0.4) is 0 Å². The van der Waals surface area contributed by atoms with E-state index in [1.165, 1.54) is 13.2 Å². The molecule has 4 aliphatic heterocycles. The first-order valence-electron chi connectivity index (χ1n) is 14.5. The number of hydrogen-bond donors (Lipinski definition) is 1. The molecule has 2 aromatic heterocycles. The number of rotatable bonds is 6. The van der Waals surface area contributed by atoms with Gasteiger partial charge in [0.1, 0.15) is 35.5 Å². The fraction of sp³-hybridized carbons (Fsp3) is 0.484. The quantitative estimate of drug-likeness (QED) is 0.351. The summed E-state index contributed by atoms with van der Waals surface area (Å²) in [5.74, 6) is 1.87. The molecule has 4 atom stereocenters. The first kappa shape index (κ1) is 27.0. The third kappa shape index (κ3) is 4.53. The maximum absolute atomic E-state index is 16.5. The zero-order valence-electron chi connectivity index (χ0n) is 23.4. The first-order chi connectivity index (χ1) is 20.4. The molecule has 0 saturated carbocycles. The monoisotopic (exact) mass is 574 g/mol. The van der Waals surface area contributed by atoms with Crippen LogP contribution < -0.4 is 15.0 Å². The number of alkyl halides is 1. The highest BCUT2D eigenvalue weighted by molar-refractivity contribution is 5.97. The fourth-order valence-electron chi connectivity index (χ4n) is 7.25. The molecule has 2 bridgehead atoms. The standard InChI is InChI=1S/C31H32F2N6O3/c1-3-23-24-27(25(33)26(35-23)18-6-4-7-19(12-18)29(40)41-2)36-30(37-28(24)38-15-21-8-9-22(16-38)34-21)42-17-31-10-5-11-39(31)14-20(32)13-31/h1,4,6-7,12,20-22,34H,5,8-11,13-17H2,2H3/t20-,21?,22?,31+/m1/s1. The number of pyridine rings is 1. The van der Waals surface area contributed by atoms with E-state index < -0.39 is 23.5 Å². The molecule has 6 heterocycles. The number of terminal acetylenes is 1. The molecule has 1 N–H and O–H groups in total. The van der Waals surface area contributed by atoms with Crippen LogP contribution in [0.15, 0.2) is 24.3 Å². The lowest BCUT2D eigenvalue weighted by Crippen LogP contribution is -2.51. The number of esters is 1. The molecule has 2 unspecified atom stereocenters. The average Bonchev–Trinajstić information content (AvgIpc) is 3.65. The van der Waals surface area contributed by atoms with E-state index in [4.69, 9.17) is 20.9 Å². The van der Waals surface area contributed by atoms with Crippen LogP contribution in [0.2, 0.25) is 0 Å². The zero-order chi connectivity index (χ0) is 29.0. The minimum absolute atomic E-state index is 0.00197. The van der Waals surface area contributed by atoms with Crippen molar-refractivity contribution in [1.82, 2.24) is 25.2 Å². The summed E-state index contributed by atoms with van der Waals surface area (Å²) in [5, 5.41) is 3.96. The second kappa shape index (κ2) is 10.4. The number of carbonyl (C=O) groups excluding carboxylic acids is 1. The molecule has 9 nitrogen and oxygen atoms in total. The Hall–Kier alpha value is -3.88. The second-order valence-electron chi connectivity index (χ2n) is 11.8. The second-order valence-corrected chi connectivity index (χ2v) is 11.8. The molecular formula is C31H32F2N6O3. The predicted octanol–water partition coefficient (Wildman–Crippen LogP) is 3.49. The largest absolute Gasteiger partial charge is 0.465 e. The Balaban J connectivity index is 1.35. The van der Waals surface area contributed by atoms with Crippen molar-refractivity contribution in [3.8, 4) is 29.6 Å². The van der Waals surface area contributed by atoms with Gasteiger partial charge in [-0.2, -0.15) is 9.97 Å². The molecule has 3 aromatic rings. The number of nitrogens with one attached hydrogen (secondary N) is 1. The molecule has 218 valence electrons. The normalized spacial score (nSPS) is 26.8. The summed E-state index contributed by atoms with van der Waals surface area (Å²) in [4.78, 5) is 30.3. The third-order valence-electron chi connectivity index (χ3n) is 9.19. The van der Waals surface area contributed by atoms with Gasteiger partial charge in [-0.1, -0.05) is 12.1 Å². The maximum Gasteiger partial charge on any atom is 0.337 e. The molecule has 7 rings (SSSR count). The lowest BCUT2D eigenvalue weighted by molar-refractivity contribution is 0.0600. The van der Waals surface area contributed by atoms with Gasteiger partial charge in [-0.3, -0.25) is 4.90 Å². The van der Waals surface area contributed by atoms with Crippen molar-refractivity contribution < 1.29 is 23.0 Å². The van der Waals surface area contributed by atoms with Crippen LogP contribution in [0.4, 0.5) is 14.6 Å². The van der Waals surface area contributed by atoms with Crippen LogP contribution in [0, 0.1) is 18.2 Å². The maximum atomic E-state index is 16.5. The summed E-state index contributed by atoms with van der Waals surface area (Å²) in [6, 6.07) is 6.97. The van der Waals surface area contributed by atoms with E-state index in [2.05, 4.69) is 31.0 Å². The van der Waals surface area contributed by atoms with E-state index in [9.17, 15) is 9.18 Å². The summed E-state index contributed by atoms with van der Waals surface area (Å²) < 4.78 is 42.0. The molecule has 42 heavy (non-hydrogen) atoms. The number of aromatic nitrogens is 3. The Morgan fingerprint density at radius 2 is 2.02 bits per heavy atom. The van der Waals surface area contributed by atoms with E-state index in [-0.39, 0.29) is 47.2 Å². The number of carbonyl (C=O) groups is 1. The van der Waals surface area contributed by atoms with E-state index in [1.54, 1.807) is 18.2 Å². The van der Waals surface area contributed by atoms with Gasteiger partial charge in [0.05, 0.1) is 23.6 Å². The molecule has 1 aromatic carbocycles. The van der Waals surface area contributed by atoms with Crippen molar-refractivity contribution in [3.05, 3.63) is 41.3 Å². The van der Waals surface area contributed by atoms with Gasteiger partial charge < -0.3 is 19.7 Å². The van der Waals surface area contributed by atoms with Crippen LogP contribution >= 0.6 is 0 Å². The molecular weight excluding hydrogens is 542 g/mol. The van der Waals surface area contributed by atoms with Gasteiger partial charge in [0, 0.05) is 43.7 Å². The molecule has 4 aliphatic rings. The van der Waals surface area contributed by atoms with E-state index >= 15 is 4.39 Å². The van der Waals surface area contributed by atoms with E-state index in [0.29, 0.717) is 42.8 Å². The number of anilines is 1. The zero-order valence-corrected chi connectivity index (χ0v) is 23.4. The van der Waals surface area contributed by atoms with Gasteiger partial charge in [0.25, 0.3) is 0 Å². The molecule has 0 spiro atoms. The van der Waals surface area contributed by atoms with Crippen molar-refractivity contribution in [1.29, 1.82) is 0 Å². The number of methoxy groups -OCH3 is 1. The lowest BCUT2D eigenvalue weighted by Gasteiger charge is -2.34. The lowest BCUT2D eigenvalue weighted by atomic mass is 9.95. The van der Waals surface area contributed by atoms with Gasteiger partial charge in [-0.15, -0.1) is 6.42 Å². The van der Waals surface area contributed by atoms with Crippen molar-refractivity contribution in [3.63, 3.8) is 0 Å². The molecule has 0 aliphatic carbocycles. The molecule has 11 heteroatoms. The predicted molar refractivity (Wildman–Crippen MR) is 153 cm³/mol. The Labute approximate surface area is 242 Å². The number of piperazine rings is 1. The first-order valence-corrected chi connectivity index (χ1v) is 14.5. The van der Waals surface area contributed by atoms with Crippen LogP contribution in [0.5, 0.6) is 6.01 Å². The van der Waals surface area contributed by atoms with Crippen LogP contribution in [-0.2, 0) is 4.74 Å². The Morgan fingerprint density at radius 3 is 2.79 bits per heavy atom. The van der Waals surface area contributed by atoms with Gasteiger partial charge in [-0.05, 0) is 50.3 Å². The Morgan fingerprint density at radius 1 is 1.21 bits per heavy atom. The van der Waals surface area contributed by atoms with Gasteiger partial charge in [0.15, 0.2) is 5.82 Å². The summed E-state index contributed by atoms with van der Waals surface area (Å²) in [7, 11) is 1.28. The fourth-order valence-corrected chi connectivity index (χ4v) is 7.25. The Kier molecular flexibility index (Phi) is 6.71. The van der Waals surface area contributed by atoms with Crippen LogP contribution in [-0.4, -0.2) is 89.5 Å². The number of fused-ring (bicyclic) bond motifs is 4. The number of ether oxygens (including phenoxy) is 2.